The van der Waals surface area contributed by atoms with Gasteiger partial charge in [0.15, 0.2) is 0 Å². The number of aryl methyl sites for hydroxylation is 1. The number of rotatable bonds is 0. The summed E-state index contributed by atoms with van der Waals surface area (Å²) < 4.78 is 0. The fourth-order valence-electron chi connectivity index (χ4n) is 0.312. The zero-order valence-electron chi connectivity index (χ0n) is 4.65. The van der Waals surface area contributed by atoms with Crippen molar-refractivity contribution in [3.63, 3.8) is 0 Å². The monoisotopic (exact) mass is 240 g/mol. The molecule has 8 heavy (non-hydrogen) atoms. The van der Waals surface area contributed by atoms with Crippen LogP contribution in [0.2, 0.25) is 0 Å². The van der Waals surface area contributed by atoms with Gasteiger partial charge in [-0.3, -0.25) is 11.3 Å². The van der Waals surface area contributed by atoms with E-state index in [-0.39, 0.29) is 0 Å². The summed E-state index contributed by atoms with van der Waals surface area (Å²) in [6.45, 7) is 2.07. The Bertz CT molecular complexity index is 116. The summed E-state index contributed by atoms with van der Waals surface area (Å²) in [5.74, 6) is 0. The molecule has 0 bridgehead atoms. The number of halogens is 1. The van der Waals surface area contributed by atoms with Crippen LogP contribution >= 0.6 is 25.0 Å². The molecule has 0 aliphatic heterocycles. The van der Waals surface area contributed by atoms with Crippen molar-refractivity contribution in [1.29, 1.82) is 0 Å². The molecule has 0 aliphatic rings. The maximum atomic E-state index is 3.06. The Morgan fingerprint density at radius 2 is 2.38 bits per heavy atom. The molecule has 0 aromatic carbocycles. The molecule has 0 fully saturated rings. The Labute approximate surface area is 70.3 Å². The van der Waals surface area contributed by atoms with Crippen LogP contribution in [0.25, 0.3) is 0 Å². The van der Waals surface area contributed by atoms with Gasteiger partial charge in [0, 0.05) is 0 Å². The summed E-state index contributed by atoms with van der Waals surface area (Å²) in [6.07, 6.45) is 0. The van der Waals surface area contributed by atoms with E-state index in [1.165, 1.54) is 21.2 Å². The third-order valence-corrected chi connectivity index (χ3v) is 1.34. The molecule has 1 aromatic rings. The van der Waals surface area contributed by atoms with Gasteiger partial charge in [0.25, 0.3) is 0 Å². The average Bonchev–Trinajstić information content (AvgIpc) is 2.24. The molecule has 0 aliphatic carbocycles. The second-order valence-electron chi connectivity index (χ2n) is 1.16. The standard InChI is InChI=1S/C5H5S.BrH.Zn/c1-5-3-2-4-6-5;;/h3-4H,1H3;1H;/q-1;;+2/p-1. The van der Waals surface area contributed by atoms with Crippen molar-refractivity contribution >= 4 is 25.0 Å². The molecular formula is C5H5BrSZn. The van der Waals surface area contributed by atoms with Crippen LogP contribution in [0, 0.1) is 13.0 Å². The van der Waals surface area contributed by atoms with Gasteiger partial charge in [-0.25, -0.2) is 12.1 Å². The predicted octanol–water partition coefficient (Wildman–Crippen LogP) is 2.70. The molecule has 0 nitrogen and oxygen atoms in total. The molecule has 0 amide bonds. The summed E-state index contributed by atoms with van der Waals surface area (Å²) in [5, 5.41) is 1.95. The Hall–Kier alpha value is 0.803. The van der Waals surface area contributed by atoms with E-state index < -0.39 is 0 Å². The maximum absolute atomic E-state index is 3.06. The first-order valence-electron chi connectivity index (χ1n) is 2.07. The van der Waals surface area contributed by atoms with Crippen LogP contribution in [0.3, 0.4) is 0 Å². The molecule has 1 heterocycles. The first kappa shape index (κ1) is 8.80. The number of hydrogen-bond acceptors (Lipinski definition) is 1. The summed E-state index contributed by atoms with van der Waals surface area (Å²) in [7, 11) is 0. The van der Waals surface area contributed by atoms with Crippen LogP contribution in [-0.2, 0) is 16.3 Å². The number of hydrogen-bond donors (Lipinski definition) is 0. The van der Waals surface area contributed by atoms with E-state index in [0.29, 0.717) is 0 Å². The minimum absolute atomic E-state index is 1.19. The predicted molar refractivity (Wildman–Crippen MR) is 36.8 cm³/mol. The van der Waals surface area contributed by atoms with E-state index in [4.69, 9.17) is 0 Å². The second-order valence-corrected chi connectivity index (χ2v) is 2.27. The molecular weight excluding hydrogens is 237 g/mol. The molecule has 1 rings (SSSR count). The fourth-order valence-corrected chi connectivity index (χ4v) is 0.770. The van der Waals surface area contributed by atoms with Crippen LogP contribution in [0.4, 0.5) is 0 Å². The topological polar surface area (TPSA) is 0 Å². The van der Waals surface area contributed by atoms with Gasteiger partial charge in [-0.05, 0) is 0 Å². The Kier molecular flexibility index (Phi) is 6.53. The zero-order valence-corrected chi connectivity index (χ0v) is 10.0. The van der Waals surface area contributed by atoms with E-state index in [9.17, 15) is 0 Å². The van der Waals surface area contributed by atoms with Crippen LogP contribution in [-0.4, -0.2) is 0 Å². The van der Waals surface area contributed by atoms with Crippen molar-refractivity contribution < 1.29 is 16.3 Å². The van der Waals surface area contributed by atoms with E-state index in [1.54, 1.807) is 11.3 Å². The van der Waals surface area contributed by atoms with Gasteiger partial charge in [0.1, 0.15) is 0 Å². The molecule has 40 valence electrons. The van der Waals surface area contributed by atoms with Gasteiger partial charge in [0.05, 0.1) is 0 Å². The van der Waals surface area contributed by atoms with Gasteiger partial charge >= 0.3 is 30.0 Å². The molecule has 0 saturated heterocycles. The quantitative estimate of drug-likeness (QED) is 0.485. The number of thiophene rings is 1. The van der Waals surface area contributed by atoms with Crippen LogP contribution in [0.15, 0.2) is 11.4 Å². The van der Waals surface area contributed by atoms with E-state index in [2.05, 4.69) is 26.6 Å². The normalized spacial score (nSPS) is 7.50. The Morgan fingerprint density at radius 3 is 2.50 bits per heavy atom. The van der Waals surface area contributed by atoms with Crippen molar-refractivity contribution in [2.24, 2.45) is 0 Å². The van der Waals surface area contributed by atoms with Gasteiger partial charge in [-0.15, -0.1) is 10.3 Å². The zero-order chi connectivity index (χ0) is 6.41. The van der Waals surface area contributed by atoms with Crippen molar-refractivity contribution in [3.8, 4) is 0 Å². The van der Waals surface area contributed by atoms with Crippen LogP contribution < -0.4 is 0 Å². The Balaban J connectivity index is 0.000000222. The van der Waals surface area contributed by atoms with Crippen LogP contribution in [0.1, 0.15) is 4.88 Å². The van der Waals surface area contributed by atoms with E-state index in [1.807, 2.05) is 11.4 Å². The van der Waals surface area contributed by atoms with Gasteiger partial charge in [-0.2, -0.15) is 0 Å². The van der Waals surface area contributed by atoms with Crippen molar-refractivity contribution in [2.45, 2.75) is 6.92 Å². The average molecular weight is 242 g/mol. The summed E-state index contributed by atoms with van der Waals surface area (Å²) in [5.41, 5.74) is 0. The van der Waals surface area contributed by atoms with Gasteiger partial charge in [-0.1, -0.05) is 6.92 Å². The molecule has 3 heteroatoms. The van der Waals surface area contributed by atoms with E-state index >= 15 is 0 Å². The van der Waals surface area contributed by atoms with Crippen molar-refractivity contribution in [1.82, 2.24) is 0 Å². The third kappa shape index (κ3) is 3.76. The summed E-state index contributed by atoms with van der Waals surface area (Å²) in [6, 6.07) is 4.92. The minimum atomic E-state index is 1.19. The molecule has 0 saturated carbocycles. The molecule has 1 aromatic heterocycles. The van der Waals surface area contributed by atoms with Crippen molar-refractivity contribution in [2.75, 3.05) is 0 Å². The summed E-state index contributed by atoms with van der Waals surface area (Å²) in [4.78, 5) is 1.33. The first-order chi connectivity index (χ1) is 3.89. The van der Waals surface area contributed by atoms with E-state index in [0.717, 1.165) is 0 Å². The molecule has 0 spiro atoms. The SMILES string of the molecule is Cc1c[c-]cs1.[Zn+][Br]. The molecule has 0 N–H and O–H groups in total. The third-order valence-electron chi connectivity index (χ3n) is 0.599. The Morgan fingerprint density at radius 1 is 1.75 bits per heavy atom. The van der Waals surface area contributed by atoms with Gasteiger partial charge < -0.3 is 0 Å². The molecule has 0 atom stereocenters. The van der Waals surface area contributed by atoms with Crippen molar-refractivity contribution in [3.05, 3.63) is 22.4 Å². The second kappa shape index (κ2) is 5.93. The molecule has 0 radical (unpaired) electrons. The summed E-state index contributed by atoms with van der Waals surface area (Å²) >= 11 is 5.97. The molecule has 0 unspecified atom stereocenters. The first-order valence-corrected chi connectivity index (χ1v) is 9.90. The fraction of sp³-hybridized carbons (Fsp3) is 0.200. The van der Waals surface area contributed by atoms with Gasteiger partial charge in [0.2, 0.25) is 0 Å². The van der Waals surface area contributed by atoms with Crippen LogP contribution in [0.5, 0.6) is 0 Å².